The number of hydrogen-bond donors (Lipinski definition) is 0. The molecule has 1 atom stereocenters. The predicted octanol–water partition coefficient (Wildman–Crippen LogP) is 23.9. The number of esters is 3. The van der Waals surface area contributed by atoms with Gasteiger partial charge in [0.2, 0.25) is 0 Å². The lowest BCUT2D eigenvalue weighted by molar-refractivity contribution is -0.166. The Bertz CT molecular complexity index is 1690. The lowest BCUT2D eigenvalue weighted by atomic mass is 10.0. The largest absolute Gasteiger partial charge is 0.462 e. The summed E-state index contributed by atoms with van der Waals surface area (Å²) in [4.78, 5) is 38.3. The zero-order chi connectivity index (χ0) is 59.2. The maximum Gasteiger partial charge on any atom is 0.306 e. The Labute approximate surface area is 507 Å². The first-order valence-electron chi connectivity index (χ1n) is 34.5. The average Bonchev–Trinajstić information content (AvgIpc) is 3.47. The van der Waals surface area contributed by atoms with Gasteiger partial charge in [0.15, 0.2) is 6.10 Å². The molecule has 0 bridgehead atoms. The molecule has 0 amide bonds. The lowest BCUT2D eigenvalue weighted by Gasteiger charge is -2.18. The SMILES string of the molecule is CC/C=C\C/C=C\C/C=C\C/C=C\C/C=C\C/C=C\CCC(=O)OC(COC(=O)CCCCCCCCCCCCCC)COC(=O)CCCCCCCCCCCCCCCCCCCCCC/C=C\C/C=C\C/C=C\C/C=C\CC. The number of carbonyl (C=O) groups is 3. The molecule has 0 saturated carbocycles. The Morgan fingerprint density at radius 3 is 0.793 bits per heavy atom. The van der Waals surface area contributed by atoms with E-state index in [0.717, 1.165) is 103 Å². The quantitative estimate of drug-likeness (QED) is 0.0261. The molecule has 1 unspecified atom stereocenters. The topological polar surface area (TPSA) is 78.9 Å². The average molecular weight is 1140 g/mol. The molecule has 0 aliphatic heterocycles. The van der Waals surface area contributed by atoms with Crippen LogP contribution < -0.4 is 0 Å². The van der Waals surface area contributed by atoms with Crippen LogP contribution in [0.25, 0.3) is 0 Å². The van der Waals surface area contributed by atoms with Gasteiger partial charge in [0.1, 0.15) is 13.2 Å². The van der Waals surface area contributed by atoms with E-state index in [9.17, 15) is 14.4 Å². The van der Waals surface area contributed by atoms with Crippen LogP contribution >= 0.6 is 0 Å². The standard InChI is InChI=1S/C76H128O6/c1-4-7-10-13-16-19-22-25-27-29-31-32-33-34-35-36-37-38-39-40-41-42-43-44-46-47-49-51-54-57-60-63-66-69-75(78)81-72-73(71-80-74(77)68-65-62-59-56-53-24-21-18-15-12-9-6-3)82-76(79)70-67-64-61-58-55-52-50-48-45-30-28-26-23-20-17-14-11-8-5-2/h7-8,10-11,16-17,19-20,25-28,31-32,45,48,52,55,61,64,73H,4-6,9,12-15,18,21-24,29-30,33-44,46-47,49-51,53-54,56-60,62-63,65-72H2,1-3H3/b10-7-,11-8-,19-16-,20-17-,27-25-,28-26-,32-31-,48-45-,55-52-,64-61-. The van der Waals surface area contributed by atoms with Crippen LogP contribution in [0.3, 0.4) is 0 Å². The van der Waals surface area contributed by atoms with Crippen LogP contribution in [0.5, 0.6) is 0 Å². The van der Waals surface area contributed by atoms with Crippen LogP contribution in [-0.2, 0) is 28.6 Å². The van der Waals surface area contributed by atoms with Gasteiger partial charge in [-0.05, 0) is 96.3 Å². The Morgan fingerprint density at radius 2 is 0.500 bits per heavy atom. The van der Waals surface area contributed by atoms with Crippen molar-refractivity contribution in [3.8, 4) is 0 Å². The highest BCUT2D eigenvalue weighted by Crippen LogP contribution is 2.17. The van der Waals surface area contributed by atoms with Crippen LogP contribution in [-0.4, -0.2) is 37.2 Å². The second-order valence-electron chi connectivity index (χ2n) is 22.7. The normalized spacial score (nSPS) is 12.9. The van der Waals surface area contributed by atoms with Crippen LogP contribution in [0.4, 0.5) is 0 Å². The van der Waals surface area contributed by atoms with Crippen molar-refractivity contribution in [2.45, 2.75) is 329 Å². The molecule has 0 aromatic heterocycles. The van der Waals surface area contributed by atoms with Crippen LogP contribution in [0.15, 0.2) is 122 Å². The van der Waals surface area contributed by atoms with Crippen molar-refractivity contribution in [1.82, 2.24) is 0 Å². The number of allylic oxidation sites excluding steroid dienone is 20. The Morgan fingerprint density at radius 1 is 0.256 bits per heavy atom. The van der Waals surface area contributed by atoms with E-state index >= 15 is 0 Å². The number of ether oxygens (including phenoxy) is 3. The van der Waals surface area contributed by atoms with Gasteiger partial charge in [0, 0.05) is 19.3 Å². The van der Waals surface area contributed by atoms with Crippen molar-refractivity contribution in [2.75, 3.05) is 13.2 Å². The molecule has 82 heavy (non-hydrogen) atoms. The van der Waals surface area contributed by atoms with Crippen LogP contribution in [0.1, 0.15) is 323 Å². The fourth-order valence-corrected chi connectivity index (χ4v) is 9.64. The number of hydrogen-bond acceptors (Lipinski definition) is 6. The minimum Gasteiger partial charge on any atom is -0.462 e. The zero-order valence-corrected chi connectivity index (χ0v) is 53.7. The van der Waals surface area contributed by atoms with E-state index in [4.69, 9.17) is 14.2 Å². The molecule has 0 aromatic rings. The van der Waals surface area contributed by atoms with Gasteiger partial charge in [-0.25, -0.2) is 0 Å². The van der Waals surface area contributed by atoms with Gasteiger partial charge in [-0.2, -0.15) is 0 Å². The second kappa shape index (κ2) is 69.3. The third-order valence-electron chi connectivity index (χ3n) is 14.7. The zero-order valence-electron chi connectivity index (χ0n) is 53.7. The van der Waals surface area contributed by atoms with Gasteiger partial charge in [-0.15, -0.1) is 0 Å². The van der Waals surface area contributed by atoms with Gasteiger partial charge in [-0.3, -0.25) is 14.4 Å². The van der Waals surface area contributed by atoms with Gasteiger partial charge in [-0.1, -0.05) is 328 Å². The van der Waals surface area contributed by atoms with Crippen molar-refractivity contribution in [3.63, 3.8) is 0 Å². The predicted molar refractivity (Wildman–Crippen MR) is 357 cm³/mol. The van der Waals surface area contributed by atoms with Crippen molar-refractivity contribution in [1.29, 1.82) is 0 Å². The van der Waals surface area contributed by atoms with Crippen molar-refractivity contribution in [2.24, 2.45) is 0 Å². The summed E-state index contributed by atoms with van der Waals surface area (Å²) >= 11 is 0. The molecule has 6 heteroatoms. The highest BCUT2D eigenvalue weighted by atomic mass is 16.6. The van der Waals surface area contributed by atoms with E-state index in [-0.39, 0.29) is 37.5 Å². The summed E-state index contributed by atoms with van der Waals surface area (Å²) in [6.07, 6.45) is 96.8. The Hall–Kier alpha value is -4.19. The molecule has 0 rings (SSSR count). The number of unbranched alkanes of at least 4 members (excludes halogenated alkanes) is 31. The van der Waals surface area contributed by atoms with E-state index in [1.165, 1.54) is 173 Å². The molecule has 468 valence electrons. The summed E-state index contributed by atoms with van der Waals surface area (Å²) < 4.78 is 16.9. The molecule has 0 aliphatic carbocycles. The smallest absolute Gasteiger partial charge is 0.306 e. The minimum atomic E-state index is -0.818. The summed E-state index contributed by atoms with van der Waals surface area (Å²) in [5, 5.41) is 0. The molecule has 0 aliphatic rings. The first kappa shape index (κ1) is 77.8. The van der Waals surface area contributed by atoms with E-state index in [0.29, 0.717) is 19.3 Å². The summed E-state index contributed by atoms with van der Waals surface area (Å²) in [6, 6.07) is 0. The number of carbonyl (C=O) groups excluding carboxylic acids is 3. The fraction of sp³-hybridized carbons (Fsp3) is 0.697. The second-order valence-corrected chi connectivity index (χ2v) is 22.7. The summed E-state index contributed by atoms with van der Waals surface area (Å²) in [6.45, 7) is 6.38. The molecule has 0 aromatic carbocycles. The third-order valence-corrected chi connectivity index (χ3v) is 14.7. The summed E-state index contributed by atoms with van der Waals surface area (Å²) in [5.41, 5.74) is 0. The molecule has 6 nitrogen and oxygen atoms in total. The molecule has 0 saturated heterocycles. The molecule has 0 N–H and O–H groups in total. The van der Waals surface area contributed by atoms with Gasteiger partial charge >= 0.3 is 17.9 Å². The summed E-state index contributed by atoms with van der Waals surface area (Å²) in [7, 11) is 0. The fourth-order valence-electron chi connectivity index (χ4n) is 9.64. The summed E-state index contributed by atoms with van der Waals surface area (Å²) in [5.74, 6) is -0.979. The van der Waals surface area contributed by atoms with Crippen LogP contribution in [0, 0.1) is 0 Å². The molecular weight excluding hydrogens is 1010 g/mol. The maximum atomic E-state index is 12.9. The first-order chi connectivity index (χ1) is 40.5. The molecule has 0 fully saturated rings. The van der Waals surface area contributed by atoms with Gasteiger partial charge < -0.3 is 14.2 Å². The first-order valence-corrected chi connectivity index (χ1v) is 34.5. The molecule has 0 spiro atoms. The van der Waals surface area contributed by atoms with Crippen molar-refractivity contribution >= 4 is 17.9 Å². The monoisotopic (exact) mass is 1140 g/mol. The third kappa shape index (κ3) is 66.6. The van der Waals surface area contributed by atoms with Crippen molar-refractivity contribution < 1.29 is 28.6 Å². The number of rotatable bonds is 62. The van der Waals surface area contributed by atoms with Gasteiger partial charge in [0.05, 0.1) is 0 Å². The van der Waals surface area contributed by atoms with E-state index < -0.39 is 6.10 Å². The molecule has 0 radical (unpaired) electrons. The Balaban J connectivity index is 4.23. The van der Waals surface area contributed by atoms with E-state index in [1.807, 2.05) is 6.08 Å². The van der Waals surface area contributed by atoms with E-state index in [1.54, 1.807) is 0 Å². The Kier molecular flexibility index (Phi) is 65.8. The highest BCUT2D eigenvalue weighted by molar-refractivity contribution is 5.71. The van der Waals surface area contributed by atoms with Crippen LogP contribution in [0.2, 0.25) is 0 Å². The maximum absolute atomic E-state index is 12.9. The lowest BCUT2D eigenvalue weighted by Crippen LogP contribution is -2.30. The van der Waals surface area contributed by atoms with Gasteiger partial charge in [0.25, 0.3) is 0 Å². The highest BCUT2D eigenvalue weighted by Gasteiger charge is 2.19. The molecule has 0 heterocycles. The van der Waals surface area contributed by atoms with E-state index in [2.05, 4.69) is 136 Å². The molecular formula is C76H128O6. The van der Waals surface area contributed by atoms with Crippen molar-refractivity contribution in [3.05, 3.63) is 122 Å². The minimum absolute atomic E-state index is 0.105.